The summed E-state index contributed by atoms with van der Waals surface area (Å²) in [5.74, 6) is -3.33. The van der Waals surface area contributed by atoms with Crippen molar-refractivity contribution in [3.63, 3.8) is 0 Å². The molecule has 0 spiro atoms. The van der Waals surface area contributed by atoms with Gasteiger partial charge in [-0.05, 0) is 25.1 Å². The number of hydrogen-bond acceptors (Lipinski definition) is 6. The Morgan fingerprint density at radius 1 is 1.05 bits per heavy atom. The molecule has 1 aromatic carbocycles. The molecule has 0 aromatic heterocycles. The minimum absolute atomic E-state index is 0.0371. The number of carbonyl (C=O) groups excluding carboxylic acids is 2. The van der Waals surface area contributed by atoms with Crippen LogP contribution in [0.5, 0.6) is 0 Å². The summed E-state index contributed by atoms with van der Waals surface area (Å²) < 4.78 is 9.62. The lowest BCUT2D eigenvalue weighted by atomic mass is 10.1. The zero-order valence-corrected chi connectivity index (χ0v) is 11.9. The minimum atomic E-state index is -1.22. The van der Waals surface area contributed by atoms with Crippen molar-refractivity contribution in [2.24, 2.45) is 0 Å². The maximum Gasteiger partial charge on any atom is 0.373 e. The summed E-state index contributed by atoms with van der Waals surface area (Å²) >= 11 is 0. The van der Waals surface area contributed by atoms with E-state index >= 15 is 0 Å². The Morgan fingerprint density at radius 3 is 2.23 bits per heavy atom. The van der Waals surface area contributed by atoms with E-state index in [1.165, 1.54) is 37.3 Å². The third kappa shape index (κ3) is 4.93. The largest absolute Gasteiger partial charge is 0.502 e. The molecule has 1 rings (SSSR count). The first-order chi connectivity index (χ1) is 10.5. The summed E-state index contributed by atoms with van der Waals surface area (Å²) in [6, 6.07) is 5.70. The number of carboxylic acids is 1. The number of esters is 2. The lowest BCUT2D eigenvalue weighted by molar-refractivity contribution is -0.142. The van der Waals surface area contributed by atoms with Gasteiger partial charge in [0, 0.05) is 6.42 Å². The maximum absolute atomic E-state index is 11.8. The van der Waals surface area contributed by atoms with Gasteiger partial charge in [-0.3, -0.25) is 0 Å². The number of aliphatic hydroxyl groups excluding tert-OH is 1. The Labute approximate surface area is 126 Å². The van der Waals surface area contributed by atoms with Crippen LogP contribution < -0.4 is 0 Å². The van der Waals surface area contributed by atoms with Crippen molar-refractivity contribution in [3.05, 3.63) is 47.2 Å². The SMILES string of the molecule is CC=C(O)C(=O)OCCCOC(=O)c1ccccc1C(=O)O. The van der Waals surface area contributed by atoms with Crippen LogP contribution in [0.3, 0.4) is 0 Å². The zero-order valence-electron chi connectivity index (χ0n) is 11.9. The normalized spacial score (nSPS) is 10.9. The van der Waals surface area contributed by atoms with Crippen molar-refractivity contribution in [2.45, 2.75) is 13.3 Å². The first-order valence-electron chi connectivity index (χ1n) is 6.49. The second kappa shape index (κ2) is 8.46. The minimum Gasteiger partial charge on any atom is -0.502 e. The number of ether oxygens (including phenoxy) is 2. The van der Waals surface area contributed by atoms with E-state index in [1.54, 1.807) is 0 Å². The molecule has 0 aliphatic carbocycles. The lowest BCUT2D eigenvalue weighted by Crippen LogP contribution is -2.14. The van der Waals surface area contributed by atoms with Crippen LogP contribution in [0.15, 0.2) is 36.1 Å². The van der Waals surface area contributed by atoms with Crippen LogP contribution in [0, 0.1) is 0 Å². The molecule has 0 radical (unpaired) electrons. The van der Waals surface area contributed by atoms with Gasteiger partial charge in [0.2, 0.25) is 0 Å². The van der Waals surface area contributed by atoms with E-state index in [0.717, 1.165) is 0 Å². The summed E-state index contributed by atoms with van der Waals surface area (Å²) in [7, 11) is 0. The van der Waals surface area contributed by atoms with E-state index in [-0.39, 0.29) is 30.8 Å². The number of carboxylic acid groups (broad SMARTS) is 1. The van der Waals surface area contributed by atoms with Gasteiger partial charge in [-0.2, -0.15) is 0 Å². The first kappa shape index (κ1) is 17.2. The summed E-state index contributed by atoms with van der Waals surface area (Å²) in [5, 5.41) is 18.0. The molecule has 0 aliphatic heterocycles. The van der Waals surface area contributed by atoms with Crippen LogP contribution in [-0.4, -0.2) is 41.3 Å². The number of carbonyl (C=O) groups is 3. The molecule has 0 unspecified atom stereocenters. The summed E-state index contributed by atoms with van der Waals surface area (Å²) in [4.78, 5) is 33.9. The van der Waals surface area contributed by atoms with Gasteiger partial charge >= 0.3 is 17.9 Å². The monoisotopic (exact) mass is 308 g/mol. The molecule has 0 aliphatic rings. The summed E-state index contributed by atoms with van der Waals surface area (Å²) in [6.45, 7) is 1.40. The Hall–Kier alpha value is -2.83. The number of aromatic carboxylic acids is 1. The van der Waals surface area contributed by atoms with E-state index in [1.807, 2.05) is 0 Å². The van der Waals surface area contributed by atoms with Gasteiger partial charge in [0.05, 0.1) is 24.3 Å². The van der Waals surface area contributed by atoms with Crippen LogP contribution >= 0.6 is 0 Å². The highest BCUT2D eigenvalue weighted by Crippen LogP contribution is 2.10. The molecule has 7 heteroatoms. The van der Waals surface area contributed by atoms with E-state index in [0.29, 0.717) is 0 Å². The molecule has 0 saturated heterocycles. The molecule has 2 N–H and O–H groups in total. The second-order valence-electron chi connectivity index (χ2n) is 4.15. The molecule has 0 bridgehead atoms. The third-order valence-electron chi connectivity index (χ3n) is 2.61. The highest BCUT2D eigenvalue weighted by molar-refractivity contribution is 6.02. The fraction of sp³-hybridized carbons (Fsp3) is 0.267. The molecular formula is C15H16O7. The number of hydrogen-bond donors (Lipinski definition) is 2. The zero-order chi connectivity index (χ0) is 16.5. The highest BCUT2D eigenvalue weighted by atomic mass is 16.6. The second-order valence-corrected chi connectivity index (χ2v) is 4.15. The number of benzene rings is 1. The Kier molecular flexibility index (Phi) is 6.62. The van der Waals surface area contributed by atoms with Gasteiger partial charge in [0.25, 0.3) is 0 Å². The molecular weight excluding hydrogens is 292 g/mol. The molecule has 0 heterocycles. The Bertz CT molecular complexity index is 589. The fourth-order valence-electron chi connectivity index (χ4n) is 1.51. The molecule has 118 valence electrons. The van der Waals surface area contributed by atoms with Gasteiger partial charge in [-0.25, -0.2) is 14.4 Å². The third-order valence-corrected chi connectivity index (χ3v) is 2.61. The van der Waals surface area contributed by atoms with Crippen molar-refractivity contribution in [2.75, 3.05) is 13.2 Å². The van der Waals surface area contributed by atoms with Crippen molar-refractivity contribution >= 4 is 17.9 Å². The standard InChI is InChI=1S/C15H16O7/c1-2-12(16)15(20)22-9-5-8-21-14(19)11-7-4-3-6-10(11)13(17)18/h2-4,6-7,16H,5,8-9H2,1H3,(H,17,18). The maximum atomic E-state index is 11.8. The van der Waals surface area contributed by atoms with Crippen molar-refractivity contribution in [1.29, 1.82) is 0 Å². The summed E-state index contributed by atoms with van der Waals surface area (Å²) in [6.07, 6.45) is 1.43. The van der Waals surface area contributed by atoms with Crippen LogP contribution in [0.2, 0.25) is 0 Å². The lowest BCUT2D eigenvalue weighted by Gasteiger charge is -2.07. The van der Waals surface area contributed by atoms with E-state index in [4.69, 9.17) is 19.7 Å². The van der Waals surface area contributed by atoms with Crippen LogP contribution in [0.4, 0.5) is 0 Å². The number of allylic oxidation sites excluding steroid dienone is 1. The van der Waals surface area contributed by atoms with Gasteiger partial charge in [-0.15, -0.1) is 0 Å². The molecule has 1 aromatic rings. The van der Waals surface area contributed by atoms with Crippen LogP contribution in [0.25, 0.3) is 0 Å². The predicted molar refractivity (Wildman–Crippen MR) is 75.6 cm³/mol. The number of aliphatic hydroxyl groups is 1. The van der Waals surface area contributed by atoms with E-state index in [9.17, 15) is 14.4 Å². The van der Waals surface area contributed by atoms with Crippen molar-refractivity contribution in [1.82, 2.24) is 0 Å². The quantitative estimate of drug-likeness (QED) is 0.343. The van der Waals surface area contributed by atoms with Gasteiger partial charge < -0.3 is 19.7 Å². The van der Waals surface area contributed by atoms with Crippen LogP contribution in [0.1, 0.15) is 34.1 Å². The molecule has 0 saturated carbocycles. The fourth-order valence-corrected chi connectivity index (χ4v) is 1.51. The molecule has 0 amide bonds. The molecule has 22 heavy (non-hydrogen) atoms. The average Bonchev–Trinajstić information content (AvgIpc) is 2.53. The van der Waals surface area contributed by atoms with Gasteiger partial charge in [0.1, 0.15) is 0 Å². The Balaban J connectivity index is 2.42. The Morgan fingerprint density at radius 2 is 1.64 bits per heavy atom. The molecule has 0 fully saturated rings. The van der Waals surface area contributed by atoms with Crippen molar-refractivity contribution in [3.8, 4) is 0 Å². The molecule has 0 atom stereocenters. The predicted octanol–water partition coefficient (Wildman–Crippen LogP) is 1.94. The van der Waals surface area contributed by atoms with Crippen molar-refractivity contribution < 1.29 is 34.1 Å². The smallest absolute Gasteiger partial charge is 0.373 e. The first-order valence-corrected chi connectivity index (χ1v) is 6.49. The van der Waals surface area contributed by atoms with Gasteiger partial charge in [0.15, 0.2) is 5.76 Å². The topological polar surface area (TPSA) is 110 Å². The van der Waals surface area contributed by atoms with E-state index in [2.05, 4.69) is 0 Å². The molecule has 7 nitrogen and oxygen atoms in total. The highest BCUT2D eigenvalue weighted by Gasteiger charge is 2.16. The van der Waals surface area contributed by atoms with Crippen LogP contribution in [-0.2, 0) is 14.3 Å². The average molecular weight is 308 g/mol. The number of rotatable bonds is 7. The summed E-state index contributed by atoms with van der Waals surface area (Å²) in [5.41, 5.74) is -0.185. The van der Waals surface area contributed by atoms with E-state index < -0.39 is 23.7 Å². The van der Waals surface area contributed by atoms with Gasteiger partial charge in [-0.1, -0.05) is 12.1 Å².